The second kappa shape index (κ2) is 4.45. The molecule has 0 bridgehead atoms. The van der Waals surface area contributed by atoms with Crippen LogP contribution in [0, 0.1) is 0 Å². The molecule has 6 heteroatoms. The molecule has 0 saturated carbocycles. The van der Waals surface area contributed by atoms with Gasteiger partial charge in [-0.2, -0.15) is 0 Å². The summed E-state index contributed by atoms with van der Waals surface area (Å²) in [6, 6.07) is 0. The van der Waals surface area contributed by atoms with Gasteiger partial charge < -0.3 is 16.6 Å². The van der Waals surface area contributed by atoms with E-state index in [0.29, 0.717) is 0 Å². The van der Waals surface area contributed by atoms with Crippen molar-refractivity contribution in [1.29, 1.82) is 0 Å². The van der Waals surface area contributed by atoms with Gasteiger partial charge in [0, 0.05) is 6.21 Å². The monoisotopic (exact) mass is 187 g/mol. The zero-order valence-corrected chi connectivity index (χ0v) is 7.26. The van der Waals surface area contributed by atoms with Crippen molar-refractivity contribution in [2.45, 2.75) is 6.92 Å². The number of hydrogen-bond acceptors (Lipinski definition) is 3. The molecule has 0 radical (unpaired) electrons. The summed E-state index contributed by atoms with van der Waals surface area (Å²) in [4.78, 5) is 14.0. The van der Waals surface area contributed by atoms with Gasteiger partial charge in [-0.15, -0.1) is 0 Å². The van der Waals surface area contributed by atoms with Crippen LogP contribution in [-0.4, -0.2) is 22.3 Å². The number of aliphatic hydroxyl groups is 1. The summed E-state index contributed by atoms with van der Waals surface area (Å²) in [7, 11) is 0. The number of hydrogen-bond donors (Lipinski definition) is 3. The van der Waals surface area contributed by atoms with Gasteiger partial charge in [0.1, 0.15) is 5.76 Å². The van der Waals surface area contributed by atoms with E-state index in [4.69, 9.17) is 16.6 Å². The Bertz CT molecular complexity index is 266. The summed E-state index contributed by atoms with van der Waals surface area (Å²) < 4.78 is 0. The van der Waals surface area contributed by atoms with Gasteiger partial charge in [0.25, 0.3) is 5.91 Å². The van der Waals surface area contributed by atoms with Gasteiger partial charge in [0.05, 0.1) is 5.57 Å². The Kier molecular flexibility index (Phi) is 3.92. The molecule has 12 heavy (non-hydrogen) atoms. The second-order valence-electron chi connectivity index (χ2n) is 1.96. The lowest BCUT2D eigenvalue weighted by molar-refractivity contribution is -0.114. The van der Waals surface area contributed by atoms with E-state index in [0.717, 1.165) is 6.21 Å². The predicted octanol–water partition coefficient (Wildman–Crippen LogP) is -0.382. The minimum absolute atomic E-state index is 0.109. The molecule has 1 amide bonds. The first kappa shape index (κ1) is 10.6. The molecule has 0 spiro atoms. The highest BCUT2D eigenvalue weighted by atomic mass is 32.1. The van der Waals surface area contributed by atoms with Gasteiger partial charge in [-0.25, -0.2) is 4.99 Å². The zero-order valence-electron chi connectivity index (χ0n) is 6.44. The maximum atomic E-state index is 10.6. The molecular weight excluding hydrogens is 178 g/mol. The van der Waals surface area contributed by atoms with Gasteiger partial charge in [-0.05, 0) is 19.1 Å². The summed E-state index contributed by atoms with van der Waals surface area (Å²) in [5.74, 6) is -1.00. The largest absolute Gasteiger partial charge is 0.512 e. The van der Waals surface area contributed by atoms with Crippen LogP contribution in [0.25, 0.3) is 0 Å². The minimum Gasteiger partial charge on any atom is -0.512 e. The first-order valence-electron chi connectivity index (χ1n) is 2.98. The molecule has 0 fully saturated rings. The maximum Gasteiger partial charge on any atom is 0.253 e. The normalized spacial score (nSPS) is 12.8. The summed E-state index contributed by atoms with van der Waals surface area (Å²) in [5.41, 5.74) is 9.80. The number of thiocarbonyl (C=S) groups is 1. The van der Waals surface area contributed by atoms with Crippen LogP contribution in [0.2, 0.25) is 0 Å². The van der Waals surface area contributed by atoms with Crippen molar-refractivity contribution in [3.63, 3.8) is 0 Å². The number of nitrogens with zero attached hydrogens (tertiary/aromatic N) is 1. The van der Waals surface area contributed by atoms with Crippen molar-refractivity contribution >= 4 is 29.5 Å². The van der Waals surface area contributed by atoms with E-state index in [9.17, 15) is 4.79 Å². The fourth-order valence-electron chi connectivity index (χ4n) is 0.464. The topological polar surface area (TPSA) is 102 Å². The Morgan fingerprint density at radius 1 is 1.58 bits per heavy atom. The Labute approximate surface area is 74.8 Å². The molecule has 0 aliphatic rings. The average molecular weight is 187 g/mol. The SMILES string of the molecule is CC(O)=C(C=NC(N)=S)C(N)=O. The summed E-state index contributed by atoms with van der Waals surface area (Å²) in [6.07, 6.45) is 1.03. The van der Waals surface area contributed by atoms with Crippen LogP contribution in [0.5, 0.6) is 0 Å². The highest BCUT2D eigenvalue weighted by molar-refractivity contribution is 7.80. The molecule has 66 valence electrons. The number of nitrogens with two attached hydrogens (primary N) is 2. The van der Waals surface area contributed by atoms with Gasteiger partial charge in [-0.1, -0.05) is 0 Å². The van der Waals surface area contributed by atoms with E-state index in [2.05, 4.69) is 17.2 Å². The minimum atomic E-state index is -0.782. The predicted molar refractivity (Wildman–Crippen MR) is 49.8 cm³/mol. The van der Waals surface area contributed by atoms with E-state index in [1.165, 1.54) is 6.92 Å². The molecule has 0 atom stereocenters. The van der Waals surface area contributed by atoms with E-state index in [1.54, 1.807) is 0 Å². The van der Waals surface area contributed by atoms with Crippen LogP contribution in [0.15, 0.2) is 16.3 Å². The smallest absolute Gasteiger partial charge is 0.253 e. The van der Waals surface area contributed by atoms with Gasteiger partial charge in [0.2, 0.25) is 0 Å². The van der Waals surface area contributed by atoms with Crippen molar-refractivity contribution in [3.8, 4) is 0 Å². The second-order valence-corrected chi connectivity index (χ2v) is 2.38. The molecule has 0 saturated heterocycles. The Morgan fingerprint density at radius 3 is 2.33 bits per heavy atom. The molecule has 0 aromatic heterocycles. The van der Waals surface area contributed by atoms with E-state index in [-0.39, 0.29) is 16.4 Å². The molecule has 0 heterocycles. The third-order valence-electron chi connectivity index (χ3n) is 0.976. The van der Waals surface area contributed by atoms with Crippen molar-refractivity contribution < 1.29 is 9.90 Å². The Morgan fingerprint density at radius 2 is 2.08 bits per heavy atom. The standard InChI is InChI=1S/C6H9N3O2S/c1-3(10)4(5(7)11)2-9-6(8)12/h2,10H,1H3,(H2,7,11)(H2,8,12). The first-order chi connectivity index (χ1) is 5.45. The summed E-state index contributed by atoms with van der Waals surface area (Å²) in [6.45, 7) is 1.31. The highest BCUT2D eigenvalue weighted by Crippen LogP contribution is 1.96. The van der Waals surface area contributed by atoms with E-state index >= 15 is 0 Å². The van der Waals surface area contributed by atoms with Crippen molar-refractivity contribution in [3.05, 3.63) is 11.3 Å². The number of carbonyl (C=O) groups excluding carboxylic acids is 1. The molecular formula is C6H9N3O2S. The third kappa shape index (κ3) is 3.67. The lowest BCUT2D eigenvalue weighted by Gasteiger charge is -1.95. The fourth-order valence-corrected chi connectivity index (χ4v) is 0.516. The Balaban J connectivity index is 4.70. The number of amides is 1. The lowest BCUT2D eigenvalue weighted by atomic mass is 10.2. The molecule has 0 unspecified atom stereocenters. The van der Waals surface area contributed by atoms with Crippen molar-refractivity contribution in [2.24, 2.45) is 16.5 Å². The molecule has 5 N–H and O–H groups in total. The number of aliphatic hydroxyl groups excluding tert-OH is 1. The molecule has 5 nitrogen and oxygen atoms in total. The third-order valence-corrected chi connectivity index (χ3v) is 1.08. The number of primary amides is 1. The van der Waals surface area contributed by atoms with Crippen LogP contribution in [0.4, 0.5) is 0 Å². The lowest BCUT2D eigenvalue weighted by Crippen LogP contribution is -2.17. The molecule has 0 aromatic carbocycles. The first-order valence-corrected chi connectivity index (χ1v) is 3.39. The summed E-state index contributed by atoms with van der Waals surface area (Å²) >= 11 is 4.41. The van der Waals surface area contributed by atoms with Gasteiger partial charge >= 0.3 is 0 Å². The number of allylic oxidation sites excluding steroid dienone is 1. The van der Waals surface area contributed by atoms with E-state index in [1.807, 2.05) is 0 Å². The van der Waals surface area contributed by atoms with Crippen molar-refractivity contribution in [1.82, 2.24) is 0 Å². The zero-order chi connectivity index (χ0) is 9.72. The number of aliphatic imine (C=N–C) groups is 1. The fraction of sp³-hybridized carbons (Fsp3) is 0.167. The van der Waals surface area contributed by atoms with Crippen molar-refractivity contribution in [2.75, 3.05) is 0 Å². The van der Waals surface area contributed by atoms with Crippen LogP contribution >= 0.6 is 12.2 Å². The Hall–Kier alpha value is -1.43. The molecule has 0 rings (SSSR count). The number of carbonyl (C=O) groups is 1. The molecule has 0 aliphatic carbocycles. The average Bonchev–Trinajstić information content (AvgIpc) is 1.84. The summed E-state index contributed by atoms with van der Waals surface area (Å²) in [5, 5.41) is 8.77. The molecule has 0 aliphatic heterocycles. The van der Waals surface area contributed by atoms with Gasteiger partial charge in [-0.3, -0.25) is 4.79 Å². The van der Waals surface area contributed by atoms with Crippen LogP contribution in [0.1, 0.15) is 6.92 Å². The number of rotatable bonds is 2. The maximum absolute atomic E-state index is 10.6. The van der Waals surface area contributed by atoms with E-state index < -0.39 is 5.91 Å². The highest BCUT2D eigenvalue weighted by Gasteiger charge is 2.05. The van der Waals surface area contributed by atoms with Crippen LogP contribution < -0.4 is 11.5 Å². The van der Waals surface area contributed by atoms with Crippen LogP contribution in [-0.2, 0) is 4.79 Å². The van der Waals surface area contributed by atoms with Gasteiger partial charge in [0.15, 0.2) is 5.11 Å². The quantitative estimate of drug-likeness (QED) is 0.237. The molecule has 0 aromatic rings. The van der Waals surface area contributed by atoms with Crippen LogP contribution in [0.3, 0.4) is 0 Å².